The second-order valence-electron chi connectivity index (χ2n) is 12.4. The lowest BCUT2D eigenvalue weighted by Crippen LogP contribution is -2.49. The molecule has 2 atom stereocenters. The standard InChI is InChI=1S/C31H38N6O2/c1-20-6-5-11-36(15-20)21(2)27-13-25-26(29(33-27)22-9-10-22)16-37(30(25)38)24-8-4-7-23(12-24)31(17-39-18-31)14-28-34-32-19-35(28)3/h4,7-8,12-13,19-22H,5-6,9-11,14-18H2,1-3H3/t20-,21?/m0/s1. The van der Waals surface area contributed by atoms with Crippen LogP contribution in [0, 0.1) is 5.92 Å². The molecule has 204 valence electrons. The first-order valence-corrected chi connectivity index (χ1v) is 14.5. The average Bonchev–Trinajstić information content (AvgIpc) is 3.61. The molecule has 7 rings (SSSR count). The number of benzene rings is 1. The van der Waals surface area contributed by atoms with Crippen molar-refractivity contribution in [3.8, 4) is 0 Å². The van der Waals surface area contributed by atoms with Gasteiger partial charge in [0.05, 0.1) is 25.5 Å². The number of rotatable bonds is 7. The fourth-order valence-corrected chi connectivity index (χ4v) is 6.72. The highest BCUT2D eigenvalue weighted by molar-refractivity contribution is 6.10. The van der Waals surface area contributed by atoms with Crippen molar-refractivity contribution in [2.75, 3.05) is 31.2 Å². The first kappa shape index (κ1) is 24.9. The summed E-state index contributed by atoms with van der Waals surface area (Å²) in [6.07, 6.45) is 7.38. The van der Waals surface area contributed by atoms with Gasteiger partial charge in [-0.3, -0.25) is 14.7 Å². The Bertz CT molecular complexity index is 1410. The minimum Gasteiger partial charge on any atom is -0.379 e. The molecule has 3 fully saturated rings. The van der Waals surface area contributed by atoms with E-state index in [1.54, 1.807) is 6.33 Å². The highest BCUT2D eigenvalue weighted by Crippen LogP contribution is 2.45. The normalized spacial score (nSPS) is 23.5. The Hall–Kier alpha value is -3.10. The molecule has 3 aliphatic heterocycles. The van der Waals surface area contributed by atoms with Crippen molar-refractivity contribution < 1.29 is 9.53 Å². The number of aryl methyl sites for hydroxylation is 1. The lowest BCUT2D eigenvalue weighted by molar-refractivity contribution is -0.0611. The molecule has 8 nitrogen and oxygen atoms in total. The zero-order valence-electron chi connectivity index (χ0n) is 23.3. The molecule has 8 heteroatoms. The van der Waals surface area contributed by atoms with Gasteiger partial charge in [0.15, 0.2) is 0 Å². The van der Waals surface area contributed by atoms with Crippen LogP contribution in [0.5, 0.6) is 0 Å². The Morgan fingerprint density at radius 2 is 2.03 bits per heavy atom. The summed E-state index contributed by atoms with van der Waals surface area (Å²) in [7, 11) is 1.98. The molecule has 1 saturated carbocycles. The van der Waals surface area contributed by atoms with E-state index in [4.69, 9.17) is 9.72 Å². The number of carbonyl (C=O) groups is 1. The first-order valence-electron chi connectivity index (χ1n) is 14.5. The van der Waals surface area contributed by atoms with Crippen LogP contribution in [0.3, 0.4) is 0 Å². The number of hydrogen-bond acceptors (Lipinski definition) is 6. The topological polar surface area (TPSA) is 76.4 Å². The van der Waals surface area contributed by atoms with E-state index in [9.17, 15) is 4.79 Å². The van der Waals surface area contributed by atoms with Crippen molar-refractivity contribution >= 4 is 11.6 Å². The fraction of sp³-hybridized carbons (Fsp3) is 0.548. The van der Waals surface area contributed by atoms with E-state index in [1.807, 2.05) is 16.5 Å². The first-order chi connectivity index (χ1) is 18.9. The minimum absolute atomic E-state index is 0.0964. The molecule has 2 saturated heterocycles. The van der Waals surface area contributed by atoms with Crippen molar-refractivity contribution in [2.45, 2.75) is 69.9 Å². The van der Waals surface area contributed by atoms with E-state index in [2.05, 4.69) is 59.3 Å². The molecule has 4 aliphatic rings. The summed E-state index contributed by atoms with van der Waals surface area (Å²) in [5, 5.41) is 8.38. The summed E-state index contributed by atoms with van der Waals surface area (Å²) in [6.45, 7) is 8.70. The average molecular weight is 527 g/mol. The predicted octanol–water partition coefficient (Wildman–Crippen LogP) is 4.55. The molecule has 1 unspecified atom stereocenters. The number of amides is 1. The lowest BCUT2D eigenvalue weighted by atomic mass is 9.75. The van der Waals surface area contributed by atoms with E-state index >= 15 is 0 Å². The van der Waals surface area contributed by atoms with Crippen molar-refractivity contribution in [2.24, 2.45) is 13.0 Å². The number of likely N-dealkylation sites (tertiary alicyclic amines) is 1. The van der Waals surface area contributed by atoms with Gasteiger partial charge < -0.3 is 14.2 Å². The molecular weight excluding hydrogens is 488 g/mol. The van der Waals surface area contributed by atoms with Crippen LogP contribution in [0.1, 0.15) is 90.2 Å². The summed E-state index contributed by atoms with van der Waals surface area (Å²) in [5.41, 5.74) is 6.19. The van der Waals surface area contributed by atoms with E-state index in [0.29, 0.717) is 31.6 Å². The van der Waals surface area contributed by atoms with Gasteiger partial charge in [-0.25, -0.2) is 0 Å². The van der Waals surface area contributed by atoms with Crippen LogP contribution in [-0.2, 0) is 30.2 Å². The van der Waals surface area contributed by atoms with Gasteiger partial charge in [0, 0.05) is 59.9 Å². The predicted molar refractivity (Wildman–Crippen MR) is 149 cm³/mol. The Labute approximate surface area is 230 Å². The number of aromatic nitrogens is 4. The molecular formula is C31H38N6O2. The molecule has 2 aromatic heterocycles. The van der Waals surface area contributed by atoms with Gasteiger partial charge in [-0.2, -0.15) is 0 Å². The Morgan fingerprint density at radius 1 is 1.18 bits per heavy atom. The van der Waals surface area contributed by atoms with Crippen LogP contribution in [0.15, 0.2) is 36.7 Å². The smallest absolute Gasteiger partial charge is 0.259 e. The summed E-state index contributed by atoms with van der Waals surface area (Å²) in [4.78, 5) is 23.7. The summed E-state index contributed by atoms with van der Waals surface area (Å²) in [5.74, 6) is 2.24. The number of nitrogens with zero attached hydrogens (tertiary/aromatic N) is 6. The molecule has 1 aliphatic carbocycles. The number of anilines is 1. The van der Waals surface area contributed by atoms with Gasteiger partial charge in [0.25, 0.3) is 5.91 Å². The highest BCUT2D eigenvalue weighted by Gasteiger charge is 2.43. The van der Waals surface area contributed by atoms with Gasteiger partial charge >= 0.3 is 0 Å². The molecule has 5 heterocycles. The van der Waals surface area contributed by atoms with Gasteiger partial charge in [-0.1, -0.05) is 19.1 Å². The number of hydrogen-bond donors (Lipinski definition) is 0. The fourth-order valence-electron chi connectivity index (χ4n) is 6.72. The lowest BCUT2D eigenvalue weighted by Gasteiger charge is -2.42. The van der Waals surface area contributed by atoms with Crippen LogP contribution in [-0.4, -0.2) is 56.9 Å². The van der Waals surface area contributed by atoms with Gasteiger partial charge in [0.1, 0.15) is 12.2 Å². The summed E-state index contributed by atoms with van der Waals surface area (Å²) in [6, 6.07) is 10.8. The SMILES string of the molecule is CC(c1cc2c(c(C3CC3)n1)CN(c1cccc(C3(Cc4nncn4C)COC3)c1)C2=O)N1CCC[C@H](C)C1. The van der Waals surface area contributed by atoms with Crippen molar-refractivity contribution in [3.05, 3.63) is 70.6 Å². The maximum absolute atomic E-state index is 14.0. The zero-order valence-corrected chi connectivity index (χ0v) is 23.3. The molecule has 1 aromatic carbocycles. The van der Waals surface area contributed by atoms with Crippen LogP contribution in [0.4, 0.5) is 5.69 Å². The van der Waals surface area contributed by atoms with E-state index in [0.717, 1.165) is 53.5 Å². The second kappa shape index (κ2) is 9.52. The minimum atomic E-state index is -0.151. The van der Waals surface area contributed by atoms with E-state index in [1.165, 1.54) is 31.2 Å². The van der Waals surface area contributed by atoms with Crippen LogP contribution in [0.25, 0.3) is 0 Å². The number of ether oxygens (including phenoxy) is 1. The van der Waals surface area contributed by atoms with Gasteiger partial charge in [-0.05, 0) is 68.8 Å². The maximum Gasteiger partial charge on any atom is 0.259 e. The van der Waals surface area contributed by atoms with Crippen molar-refractivity contribution in [3.63, 3.8) is 0 Å². The van der Waals surface area contributed by atoms with Gasteiger partial charge in [-0.15, -0.1) is 10.2 Å². The van der Waals surface area contributed by atoms with Crippen molar-refractivity contribution in [1.29, 1.82) is 0 Å². The number of pyridine rings is 1. The Kier molecular flexibility index (Phi) is 6.08. The number of piperidine rings is 1. The van der Waals surface area contributed by atoms with Crippen LogP contribution in [0.2, 0.25) is 0 Å². The molecule has 3 aromatic rings. The second-order valence-corrected chi connectivity index (χ2v) is 12.4. The number of carbonyl (C=O) groups excluding carboxylic acids is 1. The molecule has 0 bridgehead atoms. The third kappa shape index (κ3) is 4.38. The van der Waals surface area contributed by atoms with E-state index in [-0.39, 0.29) is 17.4 Å². The van der Waals surface area contributed by atoms with Gasteiger partial charge in [0.2, 0.25) is 0 Å². The summed E-state index contributed by atoms with van der Waals surface area (Å²) >= 11 is 0. The number of fused-ring (bicyclic) bond motifs is 1. The monoisotopic (exact) mass is 526 g/mol. The maximum atomic E-state index is 14.0. The summed E-state index contributed by atoms with van der Waals surface area (Å²) < 4.78 is 7.68. The Balaban J connectivity index is 1.19. The van der Waals surface area contributed by atoms with Crippen molar-refractivity contribution in [1.82, 2.24) is 24.6 Å². The van der Waals surface area contributed by atoms with E-state index < -0.39 is 0 Å². The molecule has 0 N–H and O–H groups in total. The third-order valence-corrected chi connectivity index (χ3v) is 9.42. The van der Waals surface area contributed by atoms with Crippen LogP contribution >= 0.6 is 0 Å². The molecule has 39 heavy (non-hydrogen) atoms. The highest BCUT2D eigenvalue weighted by atomic mass is 16.5. The largest absolute Gasteiger partial charge is 0.379 e. The quantitative estimate of drug-likeness (QED) is 0.450. The molecule has 0 spiro atoms. The zero-order chi connectivity index (χ0) is 26.7. The van der Waals surface area contributed by atoms with Crippen LogP contribution < -0.4 is 4.90 Å². The molecule has 1 amide bonds. The Morgan fingerprint density at radius 3 is 2.72 bits per heavy atom. The third-order valence-electron chi connectivity index (χ3n) is 9.42. The molecule has 0 radical (unpaired) electrons.